The fourth-order valence-corrected chi connectivity index (χ4v) is 4.43. The summed E-state index contributed by atoms with van der Waals surface area (Å²) in [5.74, 6) is 0.500. The summed E-state index contributed by atoms with van der Waals surface area (Å²) < 4.78 is 0. The van der Waals surface area contributed by atoms with Crippen LogP contribution < -0.4 is 4.90 Å². The Morgan fingerprint density at radius 3 is 2.54 bits per heavy atom. The van der Waals surface area contributed by atoms with Gasteiger partial charge >= 0.3 is 0 Å². The third-order valence-corrected chi connectivity index (χ3v) is 6.14. The Hall–Kier alpha value is -2.53. The first kappa shape index (κ1) is 18.8. The highest BCUT2D eigenvalue weighted by atomic mass is 16.3. The first-order valence-electron chi connectivity index (χ1n) is 10.2. The van der Waals surface area contributed by atoms with Crippen LogP contribution in [0, 0.1) is 0 Å². The van der Waals surface area contributed by atoms with Crippen molar-refractivity contribution in [3.63, 3.8) is 0 Å². The normalized spacial score (nSPS) is 19.9. The van der Waals surface area contributed by atoms with Crippen LogP contribution in [0.2, 0.25) is 0 Å². The Bertz CT molecular complexity index is 813. The van der Waals surface area contributed by atoms with Gasteiger partial charge in [0.05, 0.1) is 12.6 Å². The van der Waals surface area contributed by atoms with Gasteiger partial charge in [0, 0.05) is 38.9 Å². The van der Waals surface area contributed by atoms with Gasteiger partial charge in [-0.3, -0.25) is 9.69 Å². The molecule has 2 aromatic carbocycles. The molecule has 1 amide bonds. The number of likely N-dealkylation sites (N-methyl/N-ethyl adjacent to an activating group) is 1. The second kappa shape index (κ2) is 8.23. The Labute approximate surface area is 167 Å². The second-order valence-electron chi connectivity index (χ2n) is 7.89. The molecule has 1 aliphatic carbocycles. The summed E-state index contributed by atoms with van der Waals surface area (Å²) in [5.41, 5.74) is 3.84. The largest absolute Gasteiger partial charge is 0.508 e. The summed E-state index contributed by atoms with van der Waals surface area (Å²) >= 11 is 0. The van der Waals surface area contributed by atoms with Crippen LogP contribution in [0.25, 0.3) is 0 Å². The van der Waals surface area contributed by atoms with Gasteiger partial charge in [-0.2, -0.15) is 0 Å². The average Bonchev–Trinajstić information content (AvgIpc) is 2.74. The molecule has 148 valence electrons. The highest BCUT2D eigenvalue weighted by molar-refractivity contribution is 5.78. The molecular weight excluding hydrogens is 350 g/mol. The molecule has 5 heteroatoms. The molecule has 1 fully saturated rings. The fraction of sp³-hybridized carbons (Fsp3) is 0.435. The Morgan fingerprint density at radius 2 is 1.79 bits per heavy atom. The van der Waals surface area contributed by atoms with Crippen LogP contribution in [-0.4, -0.2) is 60.6 Å². The maximum absolute atomic E-state index is 13.0. The van der Waals surface area contributed by atoms with E-state index in [1.807, 2.05) is 24.1 Å². The van der Waals surface area contributed by atoms with E-state index in [0.717, 1.165) is 51.1 Å². The number of amides is 1. The number of fused-ring (bicyclic) bond motifs is 1. The van der Waals surface area contributed by atoms with Gasteiger partial charge in [-0.25, -0.2) is 0 Å². The van der Waals surface area contributed by atoms with Gasteiger partial charge in [0.25, 0.3) is 0 Å². The monoisotopic (exact) mass is 379 g/mol. The van der Waals surface area contributed by atoms with Crippen molar-refractivity contribution in [3.05, 3.63) is 59.7 Å². The summed E-state index contributed by atoms with van der Waals surface area (Å²) in [5, 5.41) is 9.45. The topological polar surface area (TPSA) is 47.0 Å². The first-order valence-corrected chi connectivity index (χ1v) is 10.2. The minimum absolute atomic E-state index is 0.204. The van der Waals surface area contributed by atoms with Gasteiger partial charge in [0.2, 0.25) is 5.91 Å². The SMILES string of the molecule is CN(C(=O)CN1CCN(c2ccc(O)cc2)CC1)C1CCCc2ccccc21. The zero-order chi connectivity index (χ0) is 19.5. The third kappa shape index (κ3) is 3.99. The number of carbonyl (C=O) groups is 1. The number of hydrogen-bond acceptors (Lipinski definition) is 4. The van der Waals surface area contributed by atoms with Gasteiger partial charge in [-0.1, -0.05) is 24.3 Å². The number of anilines is 1. The third-order valence-electron chi connectivity index (χ3n) is 6.14. The smallest absolute Gasteiger partial charge is 0.237 e. The van der Waals surface area contributed by atoms with Gasteiger partial charge in [0.15, 0.2) is 0 Å². The van der Waals surface area contributed by atoms with Crippen molar-refractivity contribution in [1.29, 1.82) is 0 Å². The molecule has 1 heterocycles. The van der Waals surface area contributed by atoms with E-state index in [9.17, 15) is 9.90 Å². The highest BCUT2D eigenvalue weighted by Crippen LogP contribution is 2.33. The Morgan fingerprint density at radius 1 is 1.07 bits per heavy atom. The number of carbonyl (C=O) groups excluding carboxylic acids is 1. The lowest BCUT2D eigenvalue weighted by Gasteiger charge is -2.38. The van der Waals surface area contributed by atoms with Crippen LogP contribution in [0.5, 0.6) is 5.75 Å². The number of hydrogen-bond donors (Lipinski definition) is 1. The second-order valence-corrected chi connectivity index (χ2v) is 7.89. The molecule has 0 saturated carbocycles. The van der Waals surface area contributed by atoms with E-state index in [4.69, 9.17) is 0 Å². The number of aromatic hydroxyl groups is 1. The van der Waals surface area contributed by atoms with Crippen molar-refractivity contribution in [3.8, 4) is 5.75 Å². The van der Waals surface area contributed by atoms with Crippen molar-refractivity contribution < 1.29 is 9.90 Å². The molecule has 1 N–H and O–H groups in total. The molecule has 1 atom stereocenters. The van der Waals surface area contributed by atoms with E-state index >= 15 is 0 Å². The summed E-state index contributed by atoms with van der Waals surface area (Å²) in [6, 6.07) is 16.1. The van der Waals surface area contributed by atoms with Crippen LogP contribution in [-0.2, 0) is 11.2 Å². The number of rotatable bonds is 4. The number of phenols is 1. The summed E-state index contributed by atoms with van der Waals surface area (Å²) in [4.78, 5) is 19.5. The van der Waals surface area contributed by atoms with E-state index in [-0.39, 0.29) is 11.9 Å². The number of benzene rings is 2. The number of phenolic OH excluding ortho intramolecular Hbond substituents is 1. The van der Waals surface area contributed by atoms with Gasteiger partial charge < -0.3 is 14.9 Å². The number of piperazine rings is 1. The molecule has 5 nitrogen and oxygen atoms in total. The van der Waals surface area contributed by atoms with Crippen LogP contribution in [0.4, 0.5) is 5.69 Å². The zero-order valence-corrected chi connectivity index (χ0v) is 16.6. The molecule has 1 unspecified atom stereocenters. The van der Waals surface area contributed by atoms with Crippen LogP contribution >= 0.6 is 0 Å². The van der Waals surface area contributed by atoms with Crippen LogP contribution in [0.15, 0.2) is 48.5 Å². The molecule has 0 bridgehead atoms. The standard InChI is InChI=1S/C23H29N3O2/c1-24(22-8-4-6-18-5-2-3-7-21(18)22)23(28)17-25-13-15-26(16-14-25)19-9-11-20(27)12-10-19/h2-3,5,7,9-12,22,27H,4,6,8,13-17H2,1H3. The van der Waals surface area contributed by atoms with E-state index in [0.29, 0.717) is 12.3 Å². The van der Waals surface area contributed by atoms with Crippen molar-refractivity contribution in [2.75, 3.05) is 44.7 Å². The van der Waals surface area contributed by atoms with E-state index in [1.54, 1.807) is 12.1 Å². The van der Waals surface area contributed by atoms with Crippen molar-refractivity contribution in [2.45, 2.75) is 25.3 Å². The lowest BCUT2D eigenvalue weighted by atomic mass is 9.87. The molecule has 28 heavy (non-hydrogen) atoms. The van der Waals surface area contributed by atoms with Gasteiger partial charge in [-0.15, -0.1) is 0 Å². The molecule has 1 aliphatic heterocycles. The minimum Gasteiger partial charge on any atom is -0.508 e. The summed E-state index contributed by atoms with van der Waals surface area (Å²) in [6.07, 6.45) is 3.31. The van der Waals surface area contributed by atoms with Gasteiger partial charge in [-0.05, 0) is 54.7 Å². The zero-order valence-electron chi connectivity index (χ0n) is 16.6. The lowest BCUT2D eigenvalue weighted by molar-refractivity contribution is -0.133. The molecule has 4 rings (SSSR count). The first-order chi connectivity index (χ1) is 13.6. The molecule has 0 radical (unpaired) electrons. The van der Waals surface area contributed by atoms with Crippen molar-refractivity contribution in [2.24, 2.45) is 0 Å². The fourth-order valence-electron chi connectivity index (χ4n) is 4.43. The number of aryl methyl sites for hydroxylation is 1. The summed E-state index contributed by atoms with van der Waals surface area (Å²) in [7, 11) is 1.96. The van der Waals surface area contributed by atoms with E-state index in [2.05, 4.69) is 34.1 Å². The quantitative estimate of drug-likeness (QED) is 0.887. The van der Waals surface area contributed by atoms with Crippen molar-refractivity contribution in [1.82, 2.24) is 9.80 Å². The molecule has 1 saturated heterocycles. The van der Waals surface area contributed by atoms with Crippen molar-refractivity contribution >= 4 is 11.6 Å². The Balaban J connectivity index is 1.33. The molecular formula is C23H29N3O2. The minimum atomic E-state index is 0.204. The predicted molar refractivity (Wildman–Crippen MR) is 112 cm³/mol. The van der Waals surface area contributed by atoms with Gasteiger partial charge in [0.1, 0.15) is 5.75 Å². The maximum atomic E-state index is 13.0. The Kier molecular flexibility index (Phi) is 5.53. The molecule has 0 aromatic heterocycles. The summed E-state index contributed by atoms with van der Waals surface area (Å²) in [6.45, 7) is 4.03. The lowest BCUT2D eigenvalue weighted by Crippen LogP contribution is -2.50. The molecule has 0 spiro atoms. The average molecular weight is 380 g/mol. The van der Waals surface area contributed by atoms with Crippen LogP contribution in [0.3, 0.4) is 0 Å². The van der Waals surface area contributed by atoms with Crippen LogP contribution in [0.1, 0.15) is 30.0 Å². The number of nitrogens with zero attached hydrogens (tertiary/aromatic N) is 3. The predicted octanol–water partition coefficient (Wildman–Crippen LogP) is 3.05. The maximum Gasteiger partial charge on any atom is 0.237 e. The highest BCUT2D eigenvalue weighted by Gasteiger charge is 2.28. The molecule has 2 aliphatic rings. The molecule has 2 aromatic rings. The van der Waals surface area contributed by atoms with E-state index < -0.39 is 0 Å². The van der Waals surface area contributed by atoms with E-state index in [1.165, 1.54) is 11.1 Å².